The van der Waals surface area contributed by atoms with Gasteiger partial charge >= 0.3 is 5.69 Å². The third kappa shape index (κ3) is 3.38. The summed E-state index contributed by atoms with van der Waals surface area (Å²) in [7, 11) is 0. The van der Waals surface area contributed by atoms with Crippen LogP contribution < -0.4 is 5.32 Å². The number of anilines is 2. The van der Waals surface area contributed by atoms with Crippen LogP contribution in [0.4, 0.5) is 21.6 Å². The molecule has 1 heterocycles. The first-order valence-electron chi connectivity index (χ1n) is 4.99. The summed E-state index contributed by atoms with van der Waals surface area (Å²) in [6.07, 6.45) is 1.45. The van der Waals surface area contributed by atoms with E-state index in [2.05, 4.69) is 26.2 Å². The third-order valence-electron chi connectivity index (χ3n) is 2.22. The van der Waals surface area contributed by atoms with Gasteiger partial charge in [-0.2, -0.15) is 0 Å². The normalized spacial score (nSPS) is 10.3. The van der Waals surface area contributed by atoms with E-state index in [0.29, 0.717) is 13.7 Å². The molecule has 0 aliphatic rings. The molecule has 1 aromatic carbocycles. The van der Waals surface area contributed by atoms with Crippen LogP contribution in [0, 0.1) is 19.5 Å². The number of rotatable bonds is 3. The van der Waals surface area contributed by atoms with E-state index in [1.807, 2.05) is 22.6 Å². The number of nitrogens with one attached hydrogen (secondary N) is 1. The predicted octanol–water partition coefficient (Wildman–Crippen LogP) is 4.24. The molecule has 0 aliphatic heterocycles. The smallest absolute Gasteiger partial charge is 0.312 e. The van der Waals surface area contributed by atoms with Gasteiger partial charge in [0, 0.05) is 20.3 Å². The number of hydrogen-bond donors (Lipinski definition) is 1. The maximum Gasteiger partial charge on any atom is 0.312 e. The summed E-state index contributed by atoms with van der Waals surface area (Å²) in [6.45, 7) is 0. The molecule has 0 saturated carbocycles. The fourth-order valence-electron chi connectivity index (χ4n) is 1.38. The van der Waals surface area contributed by atoms with Crippen molar-refractivity contribution >= 4 is 55.7 Å². The number of halogens is 3. The van der Waals surface area contributed by atoms with E-state index in [9.17, 15) is 14.5 Å². The van der Waals surface area contributed by atoms with Crippen LogP contribution in [0.5, 0.6) is 0 Å². The number of nitrogens with zero attached hydrogens (tertiary/aromatic N) is 2. The lowest BCUT2D eigenvalue weighted by Gasteiger charge is -2.08. The molecule has 0 unspecified atom stereocenters. The molecule has 1 aromatic heterocycles. The van der Waals surface area contributed by atoms with Gasteiger partial charge in [-0.1, -0.05) is 0 Å². The maximum atomic E-state index is 13.0. The fraction of sp³-hybridized carbons (Fsp3) is 0. The van der Waals surface area contributed by atoms with Crippen molar-refractivity contribution in [2.75, 3.05) is 5.32 Å². The largest absolute Gasteiger partial charge is 0.334 e. The molecule has 5 nitrogen and oxygen atoms in total. The summed E-state index contributed by atoms with van der Waals surface area (Å²) in [6, 6.07) is 5.46. The fourth-order valence-corrected chi connectivity index (χ4v) is 2.31. The van der Waals surface area contributed by atoms with Crippen molar-refractivity contribution in [2.45, 2.75) is 0 Å². The van der Waals surface area contributed by atoms with E-state index in [1.54, 1.807) is 0 Å². The molecule has 8 heteroatoms. The van der Waals surface area contributed by atoms with Crippen molar-refractivity contribution in [2.24, 2.45) is 0 Å². The van der Waals surface area contributed by atoms with Gasteiger partial charge < -0.3 is 5.32 Å². The molecule has 0 atom stereocenters. The molecule has 2 rings (SSSR count). The van der Waals surface area contributed by atoms with E-state index < -0.39 is 4.92 Å². The lowest BCUT2D eigenvalue weighted by Crippen LogP contribution is -2.01. The zero-order chi connectivity index (χ0) is 14.0. The summed E-state index contributed by atoms with van der Waals surface area (Å²) in [5, 5.41) is 13.8. The standard InChI is InChI=1S/C11H6BrFIN3O2/c12-6-3-10(17(18)19)11(15-5-6)16-9-2-1-7(13)4-8(9)14/h1-5H,(H,15,16). The Kier molecular flexibility index (Phi) is 4.30. The highest BCUT2D eigenvalue weighted by molar-refractivity contribution is 14.1. The minimum atomic E-state index is -0.531. The molecule has 0 fully saturated rings. The second kappa shape index (κ2) is 5.78. The zero-order valence-electron chi connectivity index (χ0n) is 9.23. The molecule has 0 bridgehead atoms. The molecule has 98 valence electrons. The summed E-state index contributed by atoms with van der Waals surface area (Å²) in [5.41, 5.74) is 0.398. The number of nitro groups is 1. The highest BCUT2D eigenvalue weighted by Gasteiger charge is 2.16. The molecule has 1 N–H and O–H groups in total. The summed E-state index contributed by atoms with van der Waals surface area (Å²) in [5.74, 6) is -0.258. The van der Waals surface area contributed by atoms with Crippen LogP contribution in [0.3, 0.4) is 0 Å². The van der Waals surface area contributed by atoms with Crippen LogP contribution in [-0.2, 0) is 0 Å². The van der Waals surface area contributed by atoms with Gasteiger partial charge in [-0.15, -0.1) is 0 Å². The average Bonchev–Trinajstić information content (AvgIpc) is 2.34. The maximum absolute atomic E-state index is 13.0. The molecule has 19 heavy (non-hydrogen) atoms. The van der Waals surface area contributed by atoms with Crippen LogP contribution in [0.15, 0.2) is 34.9 Å². The minimum Gasteiger partial charge on any atom is -0.334 e. The molecule has 2 aromatic rings. The highest BCUT2D eigenvalue weighted by atomic mass is 127. The Labute approximate surface area is 129 Å². The van der Waals surface area contributed by atoms with Gasteiger partial charge in [0.05, 0.1) is 10.6 Å². The van der Waals surface area contributed by atoms with Crippen molar-refractivity contribution in [1.82, 2.24) is 4.98 Å². The van der Waals surface area contributed by atoms with Crippen molar-refractivity contribution in [3.8, 4) is 0 Å². The van der Waals surface area contributed by atoms with Gasteiger partial charge in [0.1, 0.15) is 5.82 Å². The van der Waals surface area contributed by atoms with Crippen LogP contribution in [0.1, 0.15) is 0 Å². The van der Waals surface area contributed by atoms with E-state index >= 15 is 0 Å². The third-order valence-corrected chi connectivity index (χ3v) is 3.54. The second-order valence-corrected chi connectivity index (χ2v) is 5.61. The van der Waals surface area contributed by atoms with Crippen molar-refractivity contribution in [3.63, 3.8) is 0 Å². The van der Waals surface area contributed by atoms with Gasteiger partial charge in [0.2, 0.25) is 5.82 Å². The van der Waals surface area contributed by atoms with Crippen LogP contribution >= 0.6 is 38.5 Å². The van der Waals surface area contributed by atoms with Gasteiger partial charge in [-0.3, -0.25) is 10.1 Å². The lowest BCUT2D eigenvalue weighted by molar-refractivity contribution is -0.384. The molecule has 0 radical (unpaired) electrons. The predicted molar refractivity (Wildman–Crippen MR) is 81.0 cm³/mol. The monoisotopic (exact) mass is 437 g/mol. The zero-order valence-corrected chi connectivity index (χ0v) is 13.0. The van der Waals surface area contributed by atoms with Crippen molar-refractivity contribution in [1.29, 1.82) is 0 Å². The minimum absolute atomic E-state index is 0.109. The number of pyridine rings is 1. The molecule has 0 amide bonds. The first-order chi connectivity index (χ1) is 8.97. The molecule has 0 spiro atoms. The van der Waals surface area contributed by atoms with Crippen LogP contribution in [-0.4, -0.2) is 9.91 Å². The molecule has 0 aliphatic carbocycles. The Morgan fingerprint density at radius 1 is 1.42 bits per heavy atom. The average molecular weight is 438 g/mol. The molecule has 0 saturated heterocycles. The van der Waals surface area contributed by atoms with Gasteiger partial charge in [-0.25, -0.2) is 9.37 Å². The Morgan fingerprint density at radius 2 is 2.16 bits per heavy atom. The van der Waals surface area contributed by atoms with E-state index in [1.165, 1.54) is 30.5 Å². The highest BCUT2D eigenvalue weighted by Crippen LogP contribution is 2.30. The Morgan fingerprint density at radius 3 is 2.79 bits per heavy atom. The molecular formula is C11H6BrFIN3O2. The quantitative estimate of drug-likeness (QED) is 0.443. The van der Waals surface area contributed by atoms with Crippen LogP contribution in [0.25, 0.3) is 0 Å². The Hall–Kier alpha value is -1.29. The summed E-state index contributed by atoms with van der Waals surface area (Å²) >= 11 is 5.07. The van der Waals surface area contributed by atoms with Gasteiger partial charge in [0.25, 0.3) is 0 Å². The topological polar surface area (TPSA) is 68.1 Å². The van der Waals surface area contributed by atoms with Gasteiger partial charge in [0.15, 0.2) is 0 Å². The van der Waals surface area contributed by atoms with E-state index in [-0.39, 0.29) is 17.3 Å². The number of hydrogen-bond acceptors (Lipinski definition) is 4. The summed E-state index contributed by atoms with van der Waals surface area (Å²) in [4.78, 5) is 14.4. The van der Waals surface area contributed by atoms with E-state index in [0.717, 1.165) is 0 Å². The van der Waals surface area contributed by atoms with Crippen molar-refractivity contribution < 1.29 is 9.31 Å². The van der Waals surface area contributed by atoms with Crippen LogP contribution in [0.2, 0.25) is 0 Å². The number of aromatic nitrogens is 1. The Bertz CT molecular complexity index is 654. The van der Waals surface area contributed by atoms with Crippen molar-refractivity contribution in [3.05, 3.63) is 54.4 Å². The molecular weight excluding hydrogens is 432 g/mol. The lowest BCUT2D eigenvalue weighted by atomic mass is 10.3. The first kappa shape index (κ1) is 14.1. The van der Waals surface area contributed by atoms with E-state index in [4.69, 9.17) is 0 Å². The first-order valence-corrected chi connectivity index (χ1v) is 6.86. The van der Waals surface area contributed by atoms with Gasteiger partial charge in [-0.05, 0) is 56.7 Å². The number of benzene rings is 1. The second-order valence-electron chi connectivity index (χ2n) is 3.53. The SMILES string of the molecule is O=[N+]([O-])c1cc(Br)cnc1Nc1ccc(F)cc1I. The Balaban J connectivity index is 2.40. The summed E-state index contributed by atoms with van der Waals surface area (Å²) < 4.78 is 14.1.